The minimum absolute atomic E-state index is 1.10. The molecule has 0 radical (unpaired) electrons. The summed E-state index contributed by atoms with van der Waals surface area (Å²) in [5.74, 6) is 0. The normalized spacial score (nSPS) is 22.1. The van der Waals surface area contributed by atoms with E-state index in [0.717, 1.165) is 22.6 Å². The molecular formula is C5H16B3N3. The largest absolute Gasteiger partial charge is 0.366 e. The predicted octanol–water partition coefficient (Wildman–Crippen LogP) is -1.62. The van der Waals surface area contributed by atoms with Gasteiger partial charge in [-0.2, -0.15) is 0 Å². The third kappa shape index (κ3) is 2.89. The standard InChI is InChI=1S/C5H16B3N3/c1-4-5-11-7-9(2)6-10(3)8-11/h6-8H,4-5H2,1-3H3. The van der Waals surface area contributed by atoms with Crippen molar-refractivity contribution in [1.82, 2.24) is 14.2 Å². The third-order valence-electron chi connectivity index (χ3n) is 1.91. The molecule has 0 aromatic heterocycles. The topological polar surface area (TPSA) is 9.72 Å². The maximum atomic E-state index is 2.46. The quantitative estimate of drug-likeness (QED) is 0.438. The summed E-state index contributed by atoms with van der Waals surface area (Å²) in [6, 6.07) is 0. The van der Waals surface area contributed by atoms with Gasteiger partial charge in [-0.25, -0.2) is 0 Å². The predicted molar refractivity (Wildman–Crippen MR) is 54.0 cm³/mol. The molecule has 0 spiro atoms. The van der Waals surface area contributed by atoms with Crippen LogP contribution in [0, 0.1) is 0 Å². The second-order valence-electron chi connectivity index (χ2n) is 3.53. The summed E-state index contributed by atoms with van der Waals surface area (Å²) >= 11 is 0. The first-order valence-electron chi connectivity index (χ1n) is 4.32. The Morgan fingerprint density at radius 1 is 1.00 bits per heavy atom. The SMILES string of the molecule is CCCN1BN(C)BN(C)B1. The van der Waals surface area contributed by atoms with Gasteiger partial charge in [0.05, 0.1) is 0 Å². The molecule has 60 valence electrons. The summed E-state index contributed by atoms with van der Waals surface area (Å²) in [5, 5.41) is 0. The van der Waals surface area contributed by atoms with E-state index < -0.39 is 0 Å². The average Bonchev–Trinajstić information content (AvgIpc) is 1.85. The molecule has 0 aromatic rings. The van der Waals surface area contributed by atoms with Gasteiger partial charge in [0.25, 0.3) is 22.6 Å². The second kappa shape index (κ2) is 4.19. The maximum Gasteiger partial charge on any atom is 0.270 e. The molecule has 1 heterocycles. The van der Waals surface area contributed by atoms with Crippen LogP contribution < -0.4 is 0 Å². The molecule has 6 heteroatoms. The summed E-state index contributed by atoms with van der Waals surface area (Å²) in [6.07, 6.45) is 1.25. The van der Waals surface area contributed by atoms with E-state index in [1.165, 1.54) is 13.0 Å². The van der Waals surface area contributed by atoms with Crippen LogP contribution in [0.3, 0.4) is 0 Å². The highest BCUT2D eigenvalue weighted by Gasteiger charge is 2.21. The molecule has 1 rings (SSSR count). The van der Waals surface area contributed by atoms with Gasteiger partial charge in [0, 0.05) is 0 Å². The number of hydrogen-bond acceptors (Lipinski definition) is 3. The molecule has 3 nitrogen and oxygen atoms in total. The van der Waals surface area contributed by atoms with Gasteiger partial charge in [-0.05, 0) is 27.1 Å². The Morgan fingerprint density at radius 2 is 1.55 bits per heavy atom. The second-order valence-corrected chi connectivity index (χ2v) is 3.53. The minimum atomic E-state index is 1.10. The molecule has 11 heavy (non-hydrogen) atoms. The van der Waals surface area contributed by atoms with Crippen molar-refractivity contribution < 1.29 is 0 Å². The summed E-state index contributed by atoms with van der Waals surface area (Å²) in [4.78, 5) is 0. The summed E-state index contributed by atoms with van der Waals surface area (Å²) in [7, 11) is 7.67. The van der Waals surface area contributed by atoms with Crippen LogP contribution in [0.2, 0.25) is 0 Å². The van der Waals surface area contributed by atoms with E-state index >= 15 is 0 Å². The van der Waals surface area contributed by atoms with E-state index in [0.29, 0.717) is 0 Å². The van der Waals surface area contributed by atoms with E-state index in [4.69, 9.17) is 0 Å². The van der Waals surface area contributed by atoms with E-state index in [9.17, 15) is 0 Å². The molecule has 0 N–H and O–H groups in total. The molecule has 0 aromatic carbocycles. The fraction of sp³-hybridized carbons (Fsp3) is 1.00. The zero-order valence-corrected chi connectivity index (χ0v) is 7.88. The summed E-state index contributed by atoms with van der Waals surface area (Å²) in [5.41, 5.74) is 0. The lowest BCUT2D eigenvalue weighted by Crippen LogP contribution is -2.58. The van der Waals surface area contributed by atoms with Crippen molar-refractivity contribution >= 4 is 22.6 Å². The van der Waals surface area contributed by atoms with Crippen molar-refractivity contribution in [2.45, 2.75) is 13.3 Å². The first kappa shape index (κ1) is 9.17. The van der Waals surface area contributed by atoms with Crippen molar-refractivity contribution in [2.24, 2.45) is 0 Å². The number of hydrogen-bond donors (Lipinski definition) is 0. The molecule has 1 fully saturated rings. The third-order valence-corrected chi connectivity index (χ3v) is 1.91. The van der Waals surface area contributed by atoms with Gasteiger partial charge in [-0.15, -0.1) is 0 Å². The Kier molecular flexibility index (Phi) is 3.49. The van der Waals surface area contributed by atoms with E-state index in [1.54, 1.807) is 0 Å². The van der Waals surface area contributed by atoms with Gasteiger partial charge < -0.3 is 14.2 Å². The number of nitrogens with zero attached hydrogens (tertiary/aromatic N) is 3. The summed E-state index contributed by atoms with van der Waals surface area (Å²) < 4.78 is 7.13. The van der Waals surface area contributed by atoms with Crippen molar-refractivity contribution in [2.75, 3.05) is 20.6 Å². The molecule has 1 saturated heterocycles. The first-order valence-corrected chi connectivity index (χ1v) is 4.32. The van der Waals surface area contributed by atoms with Crippen LogP contribution in [0.1, 0.15) is 13.3 Å². The number of rotatable bonds is 2. The van der Waals surface area contributed by atoms with E-state index in [-0.39, 0.29) is 0 Å². The molecular weight excluding hydrogens is 135 g/mol. The lowest BCUT2D eigenvalue weighted by atomic mass is 9.75. The monoisotopic (exact) mass is 151 g/mol. The Bertz CT molecular complexity index is 114. The van der Waals surface area contributed by atoms with Crippen molar-refractivity contribution in [1.29, 1.82) is 0 Å². The van der Waals surface area contributed by atoms with Gasteiger partial charge in [-0.3, -0.25) is 0 Å². The van der Waals surface area contributed by atoms with Crippen LogP contribution in [0.25, 0.3) is 0 Å². The van der Waals surface area contributed by atoms with Crippen molar-refractivity contribution in [3.8, 4) is 0 Å². The Labute approximate surface area is 71.6 Å². The van der Waals surface area contributed by atoms with Crippen LogP contribution in [-0.2, 0) is 0 Å². The van der Waals surface area contributed by atoms with E-state index in [2.05, 4.69) is 35.2 Å². The summed E-state index contributed by atoms with van der Waals surface area (Å²) in [6.45, 7) is 3.45. The zero-order valence-electron chi connectivity index (χ0n) is 7.88. The molecule has 0 atom stereocenters. The smallest absolute Gasteiger partial charge is 0.270 e. The fourth-order valence-electron chi connectivity index (χ4n) is 1.69. The lowest BCUT2D eigenvalue weighted by Gasteiger charge is -2.36. The molecule has 0 aliphatic carbocycles. The average molecular weight is 151 g/mol. The Morgan fingerprint density at radius 3 is 2.00 bits per heavy atom. The molecule has 1 aliphatic heterocycles. The first-order chi connectivity index (χ1) is 5.22. The van der Waals surface area contributed by atoms with E-state index in [1.807, 2.05) is 0 Å². The van der Waals surface area contributed by atoms with Crippen LogP contribution in [-0.4, -0.2) is 57.5 Å². The molecule has 0 unspecified atom stereocenters. The molecule has 0 saturated carbocycles. The van der Waals surface area contributed by atoms with Crippen LogP contribution in [0.15, 0.2) is 0 Å². The fourth-order valence-corrected chi connectivity index (χ4v) is 1.69. The van der Waals surface area contributed by atoms with Gasteiger partial charge in [0.2, 0.25) is 0 Å². The molecule has 0 amide bonds. The van der Waals surface area contributed by atoms with Crippen LogP contribution in [0.5, 0.6) is 0 Å². The highest BCUT2D eigenvalue weighted by atomic mass is 15.2. The zero-order chi connectivity index (χ0) is 8.27. The molecule has 1 aliphatic rings. The highest BCUT2D eigenvalue weighted by molar-refractivity contribution is 6.64. The Balaban J connectivity index is 2.30. The van der Waals surface area contributed by atoms with Gasteiger partial charge in [-0.1, -0.05) is 6.92 Å². The van der Waals surface area contributed by atoms with Gasteiger partial charge >= 0.3 is 0 Å². The molecule has 0 bridgehead atoms. The maximum absolute atomic E-state index is 2.46. The van der Waals surface area contributed by atoms with Gasteiger partial charge in [0.1, 0.15) is 0 Å². The Hall–Kier alpha value is 0.0748. The highest BCUT2D eigenvalue weighted by Crippen LogP contribution is 1.96. The van der Waals surface area contributed by atoms with Crippen LogP contribution >= 0.6 is 0 Å². The van der Waals surface area contributed by atoms with Crippen molar-refractivity contribution in [3.05, 3.63) is 0 Å². The van der Waals surface area contributed by atoms with Gasteiger partial charge in [0.15, 0.2) is 0 Å². The minimum Gasteiger partial charge on any atom is -0.366 e. The lowest BCUT2D eigenvalue weighted by molar-refractivity contribution is 0.537. The van der Waals surface area contributed by atoms with Crippen LogP contribution in [0.4, 0.5) is 0 Å². The van der Waals surface area contributed by atoms with Crippen molar-refractivity contribution in [3.63, 3.8) is 0 Å².